The molecule has 1 aliphatic heterocycles. The average Bonchev–Trinajstić information content (AvgIpc) is 3.30. The predicted octanol–water partition coefficient (Wildman–Crippen LogP) is 6.33. The average molecular weight is 690 g/mol. The number of thioether (sulfide) groups is 1. The maximum absolute atomic E-state index is 14.6. The first-order valence-electron chi connectivity index (χ1n) is 13.3. The van der Waals surface area contributed by atoms with Gasteiger partial charge in [-0.3, -0.25) is 29.3 Å². The SMILES string of the molecule is O=C(Nc1cccc(S[C@H]2CC(=O)N(c3ccc([N+](=O)[O-])cc3)C2=O)c1)/C(=C\c1cc(Br)ccc1F)NC(=O)c1ccccc1. The standard InChI is InChI=1S/C32H22BrFN4O6S/c33-21-9-14-26(34)20(15-21)16-27(36-30(40)19-5-2-1-3-6-19)31(41)35-22-7-4-8-25(17-22)45-28-18-29(39)37(32(28)42)23-10-12-24(13-11-23)38(43)44/h1-17,28H,18H2,(H,35,41)(H,36,40)/b27-16+/t28-/m0/s1. The molecule has 1 fully saturated rings. The van der Waals surface area contributed by atoms with E-state index in [1.54, 1.807) is 54.6 Å². The molecule has 4 aromatic rings. The molecule has 0 bridgehead atoms. The van der Waals surface area contributed by atoms with Crippen molar-refractivity contribution in [1.29, 1.82) is 0 Å². The van der Waals surface area contributed by atoms with Crippen molar-refractivity contribution < 1.29 is 28.5 Å². The van der Waals surface area contributed by atoms with E-state index in [1.807, 2.05) is 0 Å². The first kappa shape index (κ1) is 31.3. The van der Waals surface area contributed by atoms with Gasteiger partial charge in [0.1, 0.15) is 11.5 Å². The molecule has 0 aromatic heterocycles. The zero-order chi connectivity index (χ0) is 32.1. The minimum absolute atomic E-state index is 0.0641. The topological polar surface area (TPSA) is 139 Å². The second-order valence-electron chi connectivity index (χ2n) is 9.68. The molecule has 10 nitrogen and oxygen atoms in total. The van der Waals surface area contributed by atoms with Gasteiger partial charge >= 0.3 is 0 Å². The number of nitro groups is 1. The predicted molar refractivity (Wildman–Crippen MR) is 171 cm³/mol. The lowest BCUT2D eigenvalue weighted by Gasteiger charge is -2.15. The number of benzene rings is 4. The number of imide groups is 1. The third kappa shape index (κ3) is 7.51. The summed E-state index contributed by atoms with van der Waals surface area (Å²) in [6.45, 7) is 0. The number of nitrogens with zero attached hydrogens (tertiary/aromatic N) is 2. The third-order valence-electron chi connectivity index (χ3n) is 6.58. The summed E-state index contributed by atoms with van der Waals surface area (Å²) in [7, 11) is 0. The van der Waals surface area contributed by atoms with E-state index in [2.05, 4.69) is 26.6 Å². The van der Waals surface area contributed by atoms with Gasteiger partial charge in [0.2, 0.25) is 11.8 Å². The van der Waals surface area contributed by atoms with Crippen LogP contribution in [-0.2, 0) is 14.4 Å². The second kappa shape index (κ2) is 13.7. The van der Waals surface area contributed by atoms with Crippen LogP contribution in [-0.4, -0.2) is 33.8 Å². The van der Waals surface area contributed by atoms with Gasteiger partial charge in [-0.25, -0.2) is 9.29 Å². The van der Waals surface area contributed by atoms with Gasteiger partial charge in [-0.2, -0.15) is 0 Å². The fraction of sp³-hybridized carbons (Fsp3) is 0.0625. The lowest BCUT2D eigenvalue weighted by molar-refractivity contribution is -0.384. The number of amides is 4. The van der Waals surface area contributed by atoms with Gasteiger partial charge in [-0.1, -0.05) is 40.2 Å². The van der Waals surface area contributed by atoms with E-state index in [0.29, 0.717) is 20.6 Å². The molecule has 4 amide bonds. The Labute approximate surface area is 268 Å². The van der Waals surface area contributed by atoms with E-state index in [1.165, 1.54) is 48.5 Å². The number of non-ortho nitro benzene ring substituents is 1. The van der Waals surface area contributed by atoms with Crippen molar-refractivity contribution in [3.05, 3.63) is 134 Å². The zero-order valence-electron chi connectivity index (χ0n) is 23.1. The van der Waals surface area contributed by atoms with Gasteiger partial charge in [-0.05, 0) is 66.7 Å². The van der Waals surface area contributed by atoms with Crippen LogP contribution in [0.2, 0.25) is 0 Å². The van der Waals surface area contributed by atoms with Crippen molar-refractivity contribution in [2.75, 3.05) is 10.2 Å². The highest BCUT2D eigenvalue weighted by Gasteiger charge is 2.40. The molecule has 5 rings (SSSR count). The number of nitro benzene ring substituents is 1. The minimum atomic E-state index is -0.765. The molecular formula is C32H22BrFN4O6S. The van der Waals surface area contributed by atoms with Crippen LogP contribution in [0.25, 0.3) is 6.08 Å². The normalized spacial score (nSPS) is 14.8. The van der Waals surface area contributed by atoms with Crippen LogP contribution in [0.3, 0.4) is 0 Å². The number of nitrogens with one attached hydrogen (secondary N) is 2. The van der Waals surface area contributed by atoms with Crippen LogP contribution < -0.4 is 15.5 Å². The lowest BCUT2D eigenvalue weighted by Crippen LogP contribution is -2.31. The molecule has 0 aliphatic carbocycles. The number of anilines is 2. The van der Waals surface area contributed by atoms with E-state index in [-0.39, 0.29) is 29.1 Å². The van der Waals surface area contributed by atoms with Crippen molar-refractivity contribution in [3.8, 4) is 0 Å². The highest BCUT2D eigenvalue weighted by atomic mass is 79.9. The molecule has 45 heavy (non-hydrogen) atoms. The van der Waals surface area contributed by atoms with Gasteiger partial charge in [0, 0.05) is 44.7 Å². The summed E-state index contributed by atoms with van der Waals surface area (Å²) in [5.74, 6) is -2.82. The number of halogens is 2. The number of carbonyl (C=O) groups excluding carboxylic acids is 4. The highest BCUT2D eigenvalue weighted by molar-refractivity contribution is 9.10. The summed E-state index contributed by atoms with van der Waals surface area (Å²) in [6, 6.07) is 24.1. The molecule has 1 atom stereocenters. The van der Waals surface area contributed by atoms with Crippen molar-refractivity contribution >= 4 is 74.5 Å². The quantitative estimate of drug-likeness (QED) is 0.0907. The maximum Gasteiger partial charge on any atom is 0.272 e. The van der Waals surface area contributed by atoms with Crippen LogP contribution in [0.15, 0.2) is 112 Å². The van der Waals surface area contributed by atoms with Gasteiger partial charge in [0.15, 0.2) is 0 Å². The molecule has 226 valence electrons. The summed E-state index contributed by atoms with van der Waals surface area (Å²) >= 11 is 4.41. The number of carbonyl (C=O) groups is 4. The maximum atomic E-state index is 14.6. The van der Waals surface area contributed by atoms with Crippen LogP contribution in [0.5, 0.6) is 0 Å². The fourth-order valence-electron chi connectivity index (χ4n) is 4.42. The Balaban J connectivity index is 1.33. The number of rotatable bonds is 9. The number of hydrogen-bond donors (Lipinski definition) is 2. The van der Waals surface area contributed by atoms with E-state index in [0.717, 1.165) is 16.7 Å². The Kier molecular flexibility index (Phi) is 9.50. The summed E-state index contributed by atoms with van der Waals surface area (Å²) in [5.41, 5.74) is 0.537. The summed E-state index contributed by atoms with van der Waals surface area (Å²) in [5, 5.41) is 15.4. The Bertz CT molecular complexity index is 1850. The first-order chi connectivity index (χ1) is 21.6. The minimum Gasteiger partial charge on any atom is -0.321 e. The number of hydrogen-bond acceptors (Lipinski definition) is 7. The highest BCUT2D eigenvalue weighted by Crippen LogP contribution is 2.35. The molecule has 1 saturated heterocycles. The summed E-state index contributed by atoms with van der Waals surface area (Å²) < 4.78 is 15.1. The zero-order valence-corrected chi connectivity index (χ0v) is 25.5. The Hall–Kier alpha value is -5.14. The van der Waals surface area contributed by atoms with Gasteiger partial charge in [0.25, 0.3) is 17.5 Å². The van der Waals surface area contributed by atoms with E-state index < -0.39 is 39.6 Å². The summed E-state index contributed by atoms with van der Waals surface area (Å²) in [4.78, 5) is 64.1. The smallest absolute Gasteiger partial charge is 0.272 e. The van der Waals surface area contributed by atoms with Crippen molar-refractivity contribution in [2.45, 2.75) is 16.6 Å². The summed E-state index contributed by atoms with van der Waals surface area (Å²) in [6.07, 6.45) is 1.14. The molecule has 1 heterocycles. The molecule has 0 unspecified atom stereocenters. The molecule has 2 N–H and O–H groups in total. The Morgan fingerprint density at radius 3 is 2.42 bits per heavy atom. The van der Waals surface area contributed by atoms with E-state index in [9.17, 15) is 33.7 Å². The Morgan fingerprint density at radius 2 is 1.71 bits per heavy atom. The van der Waals surface area contributed by atoms with Crippen LogP contribution in [0.1, 0.15) is 22.3 Å². The fourth-order valence-corrected chi connectivity index (χ4v) is 5.92. The van der Waals surface area contributed by atoms with Gasteiger partial charge in [-0.15, -0.1) is 11.8 Å². The van der Waals surface area contributed by atoms with Crippen LogP contribution in [0.4, 0.5) is 21.5 Å². The monoisotopic (exact) mass is 688 g/mol. The van der Waals surface area contributed by atoms with Crippen molar-refractivity contribution in [1.82, 2.24) is 5.32 Å². The largest absolute Gasteiger partial charge is 0.321 e. The molecule has 0 radical (unpaired) electrons. The van der Waals surface area contributed by atoms with Gasteiger partial charge in [0.05, 0.1) is 15.9 Å². The molecule has 13 heteroatoms. The van der Waals surface area contributed by atoms with E-state index >= 15 is 0 Å². The van der Waals surface area contributed by atoms with Gasteiger partial charge < -0.3 is 10.6 Å². The molecular weight excluding hydrogens is 667 g/mol. The second-order valence-corrected chi connectivity index (χ2v) is 11.9. The Morgan fingerprint density at radius 1 is 0.978 bits per heavy atom. The third-order valence-corrected chi connectivity index (χ3v) is 8.25. The molecule has 0 spiro atoms. The lowest BCUT2D eigenvalue weighted by atomic mass is 10.1. The van der Waals surface area contributed by atoms with Crippen LogP contribution in [0, 0.1) is 15.9 Å². The molecule has 4 aromatic carbocycles. The van der Waals surface area contributed by atoms with E-state index in [4.69, 9.17) is 0 Å². The first-order valence-corrected chi connectivity index (χ1v) is 15.0. The molecule has 1 aliphatic rings. The van der Waals surface area contributed by atoms with Crippen LogP contribution >= 0.6 is 27.7 Å². The van der Waals surface area contributed by atoms with Crippen molar-refractivity contribution in [3.63, 3.8) is 0 Å². The molecule has 0 saturated carbocycles. The van der Waals surface area contributed by atoms with Crippen molar-refractivity contribution in [2.24, 2.45) is 0 Å².